The normalized spacial score (nSPS) is 16.0. The third-order valence-corrected chi connectivity index (χ3v) is 6.42. The van der Waals surface area contributed by atoms with E-state index in [-0.39, 0.29) is 17.2 Å². The molecule has 0 radical (unpaired) electrons. The summed E-state index contributed by atoms with van der Waals surface area (Å²) >= 11 is 1.56. The number of aryl methyl sites for hydroxylation is 3. The van der Waals surface area contributed by atoms with Crippen LogP contribution in [0.2, 0.25) is 0 Å². The van der Waals surface area contributed by atoms with Crippen LogP contribution >= 0.6 is 11.3 Å². The Labute approximate surface area is 154 Å². The molecular formula is C18H21N5O2S. The summed E-state index contributed by atoms with van der Waals surface area (Å²) in [5.74, 6) is 0.663. The fourth-order valence-electron chi connectivity index (χ4n) is 3.51. The zero-order chi connectivity index (χ0) is 18.6. The van der Waals surface area contributed by atoms with E-state index in [4.69, 9.17) is 4.98 Å². The van der Waals surface area contributed by atoms with Crippen molar-refractivity contribution in [2.75, 3.05) is 6.54 Å². The summed E-state index contributed by atoms with van der Waals surface area (Å²) in [5, 5.41) is 0.692. The standard InChI is InChI=1S/C18H21N5O2S/c1-9-11(3)26-17-14(9)16(24)20-15(21-17)10(2)23-6-5-12-13(7-23)19-8-22(4)18(12)25/h8,10H,5-7H2,1-4H3,(H,20,21,24)/t10-/m1/s1. The van der Waals surface area contributed by atoms with E-state index >= 15 is 0 Å². The molecule has 0 saturated carbocycles. The second-order valence-corrected chi connectivity index (χ2v) is 8.10. The minimum absolute atomic E-state index is 0.0276. The van der Waals surface area contributed by atoms with Crippen LogP contribution in [0.5, 0.6) is 0 Å². The first-order valence-electron chi connectivity index (χ1n) is 8.64. The lowest BCUT2D eigenvalue weighted by molar-refractivity contribution is 0.181. The minimum atomic E-state index is -0.0805. The van der Waals surface area contributed by atoms with Gasteiger partial charge in [-0.3, -0.25) is 14.5 Å². The van der Waals surface area contributed by atoms with Crippen molar-refractivity contribution in [1.29, 1.82) is 0 Å². The molecule has 3 aromatic heterocycles. The highest BCUT2D eigenvalue weighted by Gasteiger charge is 2.26. The Bertz CT molecular complexity index is 1130. The molecule has 4 rings (SSSR count). The molecule has 3 aromatic rings. The van der Waals surface area contributed by atoms with Crippen LogP contribution in [0.25, 0.3) is 10.2 Å². The van der Waals surface area contributed by atoms with Gasteiger partial charge in [-0.05, 0) is 32.8 Å². The summed E-state index contributed by atoms with van der Waals surface area (Å²) in [6.07, 6.45) is 2.22. The number of aromatic amines is 1. The van der Waals surface area contributed by atoms with Crippen molar-refractivity contribution in [1.82, 2.24) is 24.4 Å². The Hall–Kier alpha value is -2.32. The SMILES string of the molecule is Cc1sc2nc([C@@H](C)N3CCc4c(ncn(C)c4=O)C3)[nH]c(=O)c2c1C. The summed E-state index contributed by atoms with van der Waals surface area (Å²) in [6.45, 7) is 7.32. The van der Waals surface area contributed by atoms with E-state index in [1.54, 1.807) is 24.7 Å². The number of H-pyrrole nitrogens is 1. The molecule has 1 atom stereocenters. The zero-order valence-corrected chi connectivity index (χ0v) is 16.1. The Morgan fingerprint density at radius 2 is 2.08 bits per heavy atom. The molecule has 0 saturated heterocycles. The van der Waals surface area contributed by atoms with E-state index < -0.39 is 0 Å². The molecule has 4 heterocycles. The molecule has 0 spiro atoms. The molecule has 0 fully saturated rings. The smallest absolute Gasteiger partial charge is 0.259 e. The van der Waals surface area contributed by atoms with Gasteiger partial charge in [-0.15, -0.1) is 11.3 Å². The molecule has 1 aliphatic rings. The van der Waals surface area contributed by atoms with E-state index in [0.717, 1.165) is 33.1 Å². The molecule has 136 valence electrons. The highest BCUT2D eigenvalue weighted by molar-refractivity contribution is 7.18. The van der Waals surface area contributed by atoms with E-state index in [1.807, 2.05) is 20.8 Å². The Balaban J connectivity index is 1.69. The van der Waals surface area contributed by atoms with Gasteiger partial charge in [-0.2, -0.15) is 0 Å². The van der Waals surface area contributed by atoms with Crippen molar-refractivity contribution in [3.05, 3.63) is 54.6 Å². The van der Waals surface area contributed by atoms with Crippen LogP contribution in [0.4, 0.5) is 0 Å². The van der Waals surface area contributed by atoms with E-state index in [1.165, 1.54) is 4.57 Å². The van der Waals surface area contributed by atoms with Crippen LogP contribution in [0.1, 0.15) is 40.5 Å². The molecular weight excluding hydrogens is 350 g/mol. The maximum Gasteiger partial charge on any atom is 0.259 e. The predicted molar refractivity (Wildman–Crippen MR) is 102 cm³/mol. The van der Waals surface area contributed by atoms with Gasteiger partial charge in [0.25, 0.3) is 11.1 Å². The van der Waals surface area contributed by atoms with E-state index in [0.29, 0.717) is 24.2 Å². The summed E-state index contributed by atoms with van der Waals surface area (Å²) in [5.41, 5.74) is 2.56. The average molecular weight is 371 g/mol. The number of aromatic nitrogens is 4. The molecule has 1 N–H and O–H groups in total. The van der Waals surface area contributed by atoms with Gasteiger partial charge in [-0.25, -0.2) is 9.97 Å². The third kappa shape index (κ3) is 2.60. The Morgan fingerprint density at radius 3 is 2.85 bits per heavy atom. The second kappa shape index (κ2) is 6.14. The lowest BCUT2D eigenvalue weighted by Crippen LogP contribution is -2.38. The highest BCUT2D eigenvalue weighted by Crippen LogP contribution is 2.28. The number of thiophene rings is 1. The maximum atomic E-state index is 12.5. The minimum Gasteiger partial charge on any atom is -0.309 e. The second-order valence-electron chi connectivity index (χ2n) is 6.90. The molecule has 7 nitrogen and oxygen atoms in total. The van der Waals surface area contributed by atoms with Gasteiger partial charge in [0.2, 0.25) is 0 Å². The van der Waals surface area contributed by atoms with Crippen molar-refractivity contribution >= 4 is 21.6 Å². The van der Waals surface area contributed by atoms with Crippen LogP contribution in [-0.4, -0.2) is 31.0 Å². The molecule has 1 aliphatic heterocycles. The maximum absolute atomic E-state index is 12.5. The van der Waals surface area contributed by atoms with Gasteiger partial charge >= 0.3 is 0 Å². The largest absolute Gasteiger partial charge is 0.309 e. The predicted octanol–water partition coefficient (Wildman–Crippen LogP) is 1.81. The van der Waals surface area contributed by atoms with Crippen molar-refractivity contribution < 1.29 is 0 Å². The van der Waals surface area contributed by atoms with Crippen LogP contribution in [0, 0.1) is 13.8 Å². The average Bonchev–Trinajstić information content (AvgIpc) is 2.91. The van der Waals surface area contributed by atoms with Gasteiger partial charge in [0.05, 0.1) is 23.4 Å². The first-order chi connectivity index (χ1) is 12.4. The fraction of sp³-hybridized carbons (Fsp3) is 0.444. The quantitative estimate of drug-likeness (QED) is 0.743. The summed E-state index contributed by atoms with van der Waals surface area (Å²) in [6, 6.07) is -0.0613. The van der Waals surface area contributed by atoms with Crippen molar-refractivity contribution in [2.45, 2.75) is 39.8 Å². The number of fused-ring (bicyclic) bond motifs is 2. The zero-order valence-electron chi connectivity index (χ0n) is 15.3. The van der Waals surface area contributed by atoms with Gasteiger partial charge in [0, 0.05) is 30.6 Å². The number of nitrogens with zero attached hydrogens (tertiary/aromatic N) is 4. The number of rotatable bonds is 2. The number of hydrogen-bond donors (Lipinski definition) is 1. The van der Waals surface area contributed by atoms with Crippen molar-refractivity contribution in [3.8, 4) is 0 Å². The number of nitrogens with one attached hydrogen (secondary N) is 1. The van der Waals surface area contributed by atoms with E-state index in [9.17, 15) is 9.59 Å². The summed E-state index contributed by atoms with van der Waals surface area (Å²) < 4.78 is 1.52. The molecule has 0 amide bonds. The Morgan fingerprint density at radius 1 is 1.31 bits per heavy atom. The first-order valence-corrected chi connectivity index (χ1v) is 9.45. The number of hydrogen-bond acceptors (Lipinski definition) is 6. The van der Waals surface area contributed by atoms with Crippen LogP contribution < -0.4 is 11.1 Å². The highest BCUT2D eigenvalue weighted by atomic mass is 32.1. The van der Waals surface area contributed by atoms with Crippen molar-refractivity contribution in [2.24, 2.45) is 7.05 Å². The van der Waals surface area contributed by atoms with Crippen LogP contribution in [0.15, 0.2) is 15.9 Å². The molecule has 0 unspecified atom stereocenters. The third-order valence-electron chi connectivity index (χ3n) is 5.32. The lowest BCUT2D eigenvalue weighted by Gasteiger charge is -2.32. The Kier molecular flexibility index (Phi) is 4.04. The molecule has 0 bridgehead atoms. The summed E-state index contributed by atoms with van der Waals surface area (Å²) in [4.78, 5) is 41.0. The van der Waals surface area contributed by atoms with E-state index in [2.05, 4.69) is 14.9 Å². The van der Waals surface area contributed by atoms with Crippen LogP contribution in [0.3, 0.4) is 0 Å². The topological polar surface area (TPSA) is 83.9 Å². The van der Waals surface area contributed by atoms with Gasteiger partial charge < -0.3 is 9.55 Å². The first kappa shape index (κ1) is 17.1. The van der Waals surface area contributed by atoms with Crippen LogP contribution in [-0.2, 0) is 20.0 Å². The van der Waals surface area contributed by atoms with Gasteiger partial charge in [0.1, 0.15) is 10.7 Å². The lowest BCUT2D eigenvalue weighted by atomic mass is 10.0. The monoisotopic (exact) mass is 371 g/mol. The molecule has 0 aromatic carbocycles. The summed E-state index contributed by atoms with van der Waals surface area (Å²) in [7, 11) is 1.72. The van der Waals surface area contributed by atoms with Gasteiger partial charge in [-0.1, -0.05) is 0 Å². The van der Waals surface area contributed by atoms with Crippen molar-refractivity contribution in [3.63, 3.8) is 0 Å². The molecule has 26 heavy (non-hydrogen) atoms. The fourth-order valence-corrected chi connectivity index (χ4v) is 4.55. The molecule has 0 aliphatic carbocycles. The molecule has 8 heteroatoms. The van der Waals surface area contributed by atoms with Gasteiger partial charge in [0.15, 0.2) is 0 Å².